The molecule has 136 valence electrons. The van der Waals surface area contributed by atoms with E-state index in [0.717, 1.165) is 36.6 Å². The van der Waals surface area contributed by atoms with E-state index in [1.54, 1.807) is 6.20 Å². The first-order chi connectivity index (χ1) is 12.6. The Morgan fingerprint density at radius 1 is 1.31 bits per heavy atom. The number of nitrogens with zero attached hydrogens (tertiary/aromatic N) is 3. The van der Waals surface area contributed by atoms with Crippen LogP contribution in [0.1, 0.15) is 40.5 Å². The number of carbonyl (C=O) groups excluding carboxylic acids is 1. The first-order valence-electron chi connectivity index (χ1n) is 9.20. The van der Waals surface area contributed by atoms with Crippen LogP contribution in [0.3, 0.4) is 0 Å². The zero-order valence-electron chi connectivity index (χ0n) is 14.8. The number of halogens is 1. The first kappa shape index (κ1) is 16.3. The summed E-state index contributed by atoms with van der Waals surface area (Å²) in [6.45, 7) is 2.60. The van der Waals surface area contributed by atoms with E-state index in [4.69, 9.17) is 16.3 Å². The number of benzene rings is 1. The maximum absolute atomic E-state index is 13.1. The van der Waals surface area contributed by atoms with Crippen molar-refractivity contribution in [3.05, 3.63) is 52.3 Å². The zero-order valence-corrected chi connectivity index (χ0v) is 15.6. The van der Waals surface area contributed by atoms with Crippen molar-refractivity contribution in [1.29, 1.82) is 0 Å². The number of hydrogen-bond donors (Lipinski definition) is 0. The molecule has 2 fully saturated rings. The smallest absolute Gasteiger partial charge is 0.254 e. The van der Waals surface area contributed by atoms with E-state index < -0.39 is 0 Å². The van der Waals surface area contributed by atoms with Gasteiger partial charge in [0.15, 0.2) is 0 Å². The zero-order chi connectivity index (χ0) is 17.9. The number of fused-ring (bicyclic) bond motifs is 1. The number of amides is 1. The standard InChI is InChI=1S/C20H22ClN3O2/c1-23-18(16(21)9-22-23)6-17-14-4-2-3-5-15(14)19(25)24(17)10-13-7-20(8-13)11-26-12-20/h2-5,9,13,17H,6-8,10-12H2,1H3. The summed E-state index contributed by atoms with van der Waals surface area (Å²) in [4.78, 5) is 15.1. The largest absolute Gasteiger partial charge is 0.380 e. The van der Waals surface area contributed by atoms with E-state index in [-0.39, 0.29) is 11.9 Å². The van der Waals surface area contributed by atoms with Crippen molar-refractivity contribution in [2.75, 3.05) is 19.8 Å². The fraction of sp³-hybridized carbons (Fsp3) is 0.500. The maximum atomic E-state index is 13.1. The summed E-state index contributed by atoms with van der Waals surface area (Å²) in [7, 11) is 1.90. The second kappa shape index (κ2) is 5.83. The van der Waals surface area contributed by atoms with Gasteiger partial charge in [0.2, 0.25) is 0 Å². The third-order valence-corrected chi connectivity index (χ3v) is 6.62. The van der Waals surface area contributed by atoms with Gasteiger partial charge in [-0.25, -0.2) is 0 Å². The minimum atomic E-state index is 0.0285. The van der Waals surface area contributed by atoms with Crippen LogP contribution < -0.4 is 0 Å². The lowest BCUT2D eigenvalue weighted by atomic mass is 9.60. The van der Waals surface area contributed by atoms with Gasteiger partial charge in [-0.2, -0.15) is 5.10 Å². The predicted octanol–water partition coefficient (Wildman–Crippen LogP) is 3.24. The molecule has 1 saturated carbocycles. The van der Waals surface area contributed by atoms with Crippen LogP contribution in [-0.4, -0.2) is 40.3 Å². The molecule has 1 aromatic carbocycles. The first-order valence-corrected chi connectivity index (χ1v) is 9.58. The van der Waals surface area contributed by atoms with Gasteiger partial charge in [0.05, 0.1) is 36.2 Å². The SMILES string of the molecule is Cn1ncc(Cl)c1CC1c2ccccc2C(=O)N1CC1CC2(COC2)C1. The van der Waals surface area contributed by atoms with Gasteiger partial charge in [0.1, 0.15) is 0 Å². The lowest BCUT2D eigenvalue weighted by molar-refractivity contribution is -0.181. The number of ether oxygens (including phenoxy) is 1. The molecule has 3 aliphatic rings. The van der Waals surface area contributed by atoms with E-state index in [2.05, 4.69) is 16.1 Å². The van der Waals surface area contributed by atoms with Crippen molar-refractivity contribution in [3.8, 4) is 0 Å². The van der Waals surface area contributed by atoms with Crippen molar-refractivity contribution in [2.24, 2.45) is 18.4 Å². The van der Waals surface area contributed by atoms with E-state index in [0.29, 0.717) is 22.8 Å². The molecule has 1 aromatic heterocycles. The number of aromatic nitrogens is 2. The van der Waals surface area contributed by atoms with E-state index in [1.165, 1.54) is 12.8 Å². The van der Waals surface area contributed by atoms with Crippen LogP contribution in [-0.2, 0) is 18.2 Å². The second-order valence-corrected chi connectivity index (χ2v) is 8.50. The Balaban J connectivity index is 1.41. The summed E-state index contributed by atoms with van der Waals surface area (Å²) in [5.41, 5.74) is 3.33. The molecule has 26 heavy (non-hydrogen) atoms. The highest BCUT2D eigenvalue weighted by Crippen LogP contribution is 2.52. The van der Waals surface area contributed by atoms with Gasteiger partial charge >= 0.3 is 0 Å². The van der Waals surface area contributed by atoms with Crippen LogP contribution in [0.25, 0.3) is 0 Å². The van der Waals surface area contributed by atoms with Gasteiger partial charge in [-0.15, -0.1) is 0 Å². The summed E-state index contributed by atoms with van der Waals surface area (Å²) >= 11 is 6.34. The molecule has 1 aliphatic carbocycles. The molecule has 1 atom stereocenters. The summed E-state index contributed by atoms with van der Waals surface area (Å²) < 4.78 is 7.20. The van der Waals surface area contributed by atoms with Crippen molar-refractivity contribution in [2.45, 2.75) is 25.3 Å². The molecule has 1 unspecified atom stereocenters. The number of rotatable bonds is 4. The van der Waals surface area contributed by atoms with Gasteiger partial charge in [-0.1, -0.05) is 29.8 Å². The molecule has 1 spiro atoms. The van der Waals surface area contributed by atoms with Gasteiger partial charge in [-0.05, 0) is 30.4 Å². The Morgan fingerprint density at radius 3 is 2.73 bits per heavy atom. The van der Waals surface area contributed by atoms with Crippen LogP contribution in [0.15, 0.2) is 30.5 Å². The van der Waals surface area contributed by atoms with Crippen molar-refractivity contribution < 1.29 is 9.53 Å². The molecule has 0 radical (unpaired) electrons. The van der Waals surface area contributed by atoms with E-state index in [1.807, 2.05) is 29.9 Å². The second-order valence-electron chi connectivity index (χ2n) is 8.09. The molecule has 0 bridgehead atoms. The molecule has 2 aromatic rings. The summed E-state index contributed by atoms with van der Waals surface area (Å²) in [5, 5.41) is 4.92. The normalized spacial score (nSPS) is 23.8. The highest BCUT2D eigenvalue weighted by atomic mass is 35.5. The molecule has 1 saturated heterocycles. The Labute approximate surface area is 157 Å². The Kier molecular flexibility index (Phi) is 3.66. The molecule has 0 N–H and O–H groups in total. The summed E-state index contributed by atoms with van der Waals surface area (Å²) in [6, 6.07) is 8.00. The lowest BCUT2D eigenvalue weighted by Crippen LogP contribution is -2.54. The van der Waals surface area contributed by atoms with Gasteiger partial charge < -0.3 is 9.64 Å². The fourth-order valence-corrected chi connectivity index (χ4v) is 5.17. The quantitative estimate of drug-likeness (QED) is 0.828. The van der Waals surface area contributed by atoms with Crippen LogP contribution in [0, 0.1) is 11.3 Å². The molecular formula is C20H22ClN3O2. The van der Waals surface area contributed by atoms with Gasteiger partial charge in [-0.3, -0.25) is 9.48 Å². The topological polar surface area (TPSA) is 47.4 Å². The predicted molar refractivity (Wildman–Crippen MR) is 98.1 cm³/mol. The van der Waals surface area contributed by atoms with Crippen molar-refractivity contribution >= 4 is 17.5 Å². The molecular weight excluding hydrogens is 350 g/mol. The monoisotopic (exact) mass is 371 g/mol. The molecule has 6 heteroatoms. The average Bonchev–Trinajstić information content (AvgIpc) is 3.02. The fourth-order valence-electron chi connectivity index (χ4n) is 4.92. The molecule has 1 amide bonds. The third-order valence-electron chi connectivity index (χ3n) is 6.30. The Morgan fingerprint density at radius 2 is 2.08 bits per heavy atom. The third kappa shape index (κ3) is 2.41. The average molecular weight is 372 g/mol. The van der Waals surface area contributed by atoms with Crippen molar-refractivity contribution in [3.63, 3.8) is 0 Å². The highest BCUT2D eigenvalue weighted by Gasteiger charge is 2.51. The molecule has 3 heterocycles. The maximum Gasteiger partial charge on any atom is 0.254 e. The molecule has 5 nitrogen and oxygen atoms in total. The van der Waals surface area contributed by atoms with E-state index in [9.17, 15) is 4.79 Å². The summed E-state index contributed by atoms with van der Waals surface area (Å²) in [6.07, 6.45) is 4.72. The van der Waals surface area contributed by atoms with Gasteiger partial charge in [0, 0.05) is 31.0 Å². The van der Waals surface area contributed by atoms with Gasteiger partial charge in [0.25, 0.3) is 5.91 Å². The molecule has 2 aliphatic heterocycles. The lowest BCUT2D eigenvalue weighted by Gasteiger charge is -2.54. The van der Waals surface area contributed by atoms with Crippen LogP contribution in [0.4, 0.5) is 0 Å². The van der Waals surface area contributed by atoms with E-state index >= 15 is 0 Å². The van der Waals surface area contributed by atoms with Crippen LogP contribution >= 0.6 is 11.6 Å². The van der Waals surface area contributed by atoms with Crippen LogP contribution in [0.2, 0.25) is 5.02 Å². The number of carbonyl (C=O) groups is 1. The number of hydrogen-bond acceptors (Lipinski definition) is 3. The minimum absolute atomic E-state index is 0.0285. The van der Waals surface area contributed by atoms with Crippen molar-refractivity contribution in [1.82, 2.24) is 14.7 Å². The molecule has 5 rings (SSSR count). The van der Waals surface area contributed by atoms with Crippen LogP contribution in [0.5, 0.6) is 0 Å². The highest BCUT2D eigenvalue weighted by molar-refractivity contribution is 6.31. The Hall–Kier alpha value is -1.85. The summed E-state index contributed by atoms with van der Waals surface area (Å²) in [5.74, 6) is 0.719. The minimum Gasteiger partial charge on any atom is -0.380 e. The Bertz CT molecular complexity index is 846. The number of aryl methyl sites for hydroxylation is 1.